The number of likely N-dealkylation sites (N-methyl/N-ethyl adjacent to an activating group) is 2. The maximum Gasteiger partial charge on any atom is 0.245 e. The molecule has 0 spiro atoms. The summed E-state index contributed by atoms with van der Waals surface area (Å²) in [4.78, 5) is 77.7. The fraction of sp³-hybridized carbons (Fsp3) is 0.674. The second-order valence-corrected chi connectivity index (χ2v) is 17.2. The van der Waals surface area contributed by atoms with Gasteiger partial charge in [-0.1, -0.05) is 85.2 Å². The third kappa shape index (κ3) is 12.3. The Labute approximate surface area is 344 Å². The summed E-state index contributed by atoms with van der Waals surface area (Å²) in [5.41, 5.74) is 1.08. The van der Waals surface area contributed by atoms with Gasteiger partial charge in [-0.3, -0.25) is 24.0 Å². The molecule has 0 unspecified atom stereocenters. The first kappa shape index (κ1) is 47.5. The molecule has 5 amide bonds. The molecule has 1 aromatic carbocycles. The second-order valence-electron chi connectivity index (χ2n) is 16.3. The van der Waals surface area contributed by atoms with Gasteiger partial charge in [0.25, 0.3) is 0 Å². The van der Waals surface area contributed by atoms with Gasteiger partial charge in [0.15, 0.2) is 0 Å². The standard InChI is InChI=1S/C43H68N6O7S/c1-13-28(6)38(48(10)43(54)36(26(2)3)46-41(53)37(27(4)5)47(9)30(8)50)34(55-11)25-35(51)49-22-17-20-33(49)39(56-12)29(7)40(52)45-32(42-44-21-23-57-42)24-31-18-15-14-16-19-31/h14-16,18-19,21,23,26-29,32-34,36-39H,13,17,20,22,24-25H2,1-12H3,(H,45,52)(H,46,53)/t28-,29+,32-,33-,34+,36-,37-,38-,39+/m0/s1. The number of benzene rings is 1. The third-order valence-corrected chi connectivity index (χ3v) is 12.5. The molecule has 1 aliphatic rings. The first-order valence-corrected chi connectivity index (χ1v) is 21.3. The minimum Gasteiger partial charge on any atom is -0.379 e. The van der Waals surface area contributed by atoms with Crippen LogP contribution < -0.4 is 10.6 Å². The van der Waals surface area contributed by atoms with Crippen molar-refractivity contribution in [3.63, 3.8) is 0 Å². The normalized spacial score (nSPS) is 18.6. The van der Waals surface area contributed by atoms with Crippen molar-refractivity contribution in [2.75, 3.05) is 34.9 Å². The molecule has 13 nitrogen and oxygen atoms in total. The molecule has 0 radical (unpaired) electrons. The number of rotatable bonds is 21. The number of methoxy groups -OCH3 is 2. The number of ether oxygens (including phenoxy) is 2. The lowest BCUT2D eigenvalue weighted by molar-refractivity contribution is -0.148. The maximum absolute atomic E-state index is 14.3. The predicted molar refractivity (Wildman–Crippen MR) is 223 cm³/mol. The van der Waals surface area contributed by atoms with Gasteiger partial charge in [0, 0.05) is 53.4 Å². The van der Waals surface area contributed by atoms with Crippen molar-refractivity contribution in [2.24, 2.45) is 23.7 Å². The van der Waals surface area contributed by atoms with Gasteiger partial charge >= 0.3 is 0 Å². The van der Waals surface area contributed by atoms with Crippen LogP contribution in [0.25, 0.3) is 0 Å². The monoisotopic (exact) mass is 812 g/mol. The highest BCUT2D eigenvalue weighted by atomic mass is 32.1. The van der Waals surface area contributed by atoms with Gasteiger partial charge in [0.2, 0.25) is 29.5 Å². The zero-order valence-corrected chi connectivity index (χ0v) is 37.0. The van der Waals surface area contributed by atoms with Crippen LogP contribution in [0.15, 0.2) is 41.9 Å². The average Bonchev–Trinajstić information content (AvgIpc) is 3.90. The van der Waals surface area contributed by atoms with Crippen LogP contribution in [0.5, 0.6) is 0 Å². The second kappa shape index (κ2) is 22.3. The van der Waals surface area contributed by atoms with E-state index in [4.69, 9.17) is 9.47 Å². The molecule has 1 fully saturated rings. The van der Waals surface area contributed by atoms with Gasteiger partial charge < -0.3 is 34.8 Å². The van der Waals surface area contributed by atoms with Crippen LogP contribution in [-0.4, -0.2) is 120 Å². The zero-order chi connectivity index (χ0) is 42.6. The summed E-state index contributed by atoms with van der Waals surface area (Å²) < 4.78 is 12.1. The number of aromatic nitrogens is 1. The predicted octanol–water partition coefficient (Wildman–Crippen LogP) is 5.11. The SMILES string of the molecule is CC[C@H](C)[C@@H]([C@@H](CC(=O)N1CCC[C@H]1[C@H](OC)[C@@H](C)C(=O)N[C@@H](Cc1ccccc1)c1nccs1)OC)N(C)C(=O)[C@@H](NC(=O)[C@H](C(C)C)N(C)C(C)=O)C(C)C. The Morgan fingerprint density at radius 2 is 1.60 bits per heavy atom. The van der Waals surface area contributed by atoms with Gasteiger partial charge in [-0.2, -0.15) is 0 Å². The van der Waals surface area contributed by atoms with Crippen molar-refractivity contribution >= 4 is 40.9 Å². The Kier molecular flexibility index (Phi) is 18.6. The number of nitrogens with one attached hydrogen (secondary N) is 2. The molecule has 0 saturated carbocycles. The Hall–Kier alpha value is -3.88. The van der Waals surface area contributed by atoms with E-state index in [1.807, 2.05) is 89.1 Å². The van der Waals surface area contributed by atoms with Gasteiger partial charge in [0.05, 0.1) is 42.7 Å². The number of carbonyl (C=O) groups excluding carboxylic acids is 5. The van der Waals surface area contributed by atoms with Crippen LogP contribution in [0.1, 0.15) is 97.7 Å². The zero-order valence-electron chi connectivity index (χ0n) is 36.2. The number of likely N-dealkylation sites (tertiary alicyclic amines) is 1. The molecule has 1 saturated heterocycles. The molecule has 2 N–H and O–H groups in total. The van der Waals surface area contributed by atoms with E-state index in [-0.39, 0.29) is 59.9 Å². The number of hydrogen-bond acceptors (Lipinski definition) is 9. The van der Waals surface area contributed by atoms with Crippen molar-refractivity contribution in [2.45, 2.75) is 130 Å². The molecule has 9 atom stereocenters. The maximum atomic E-state index is 14.3. The number of nitrogens with zero attached hydrogens (tertiary/aromatic N) is 4. The first-order chi connectivity index (χ1) is 27.0. The van der Waals surface area contributed by atoms with E-state index in [0.29, 0.717) is 25.8 Å². The van der Waals surface area contributed by atoms with E-state index in [2.05, 4.69) is 15.6 Å². The highest BCUT2D eigenvalue weighted by molar-refractivity contribution is 7.09. The minimum absolute atomic E-state index is 0.0113. The Bertz CT molecular complexity index is 1590. The summed E-state index contributed by atoms with van der Waals surface area (Å²) in [6.45, 7) is 15.3. The lowest BCUT2D eigenvalue weighted by atomic mass is 9.89. The molecular formula is C43H68N6O7S. The summed E-state index contributed by atoms with van der Waals surface area (Å²) in [6.07, 6.45) is 3.27. The summed E-state index contributed by atoms with van der Waals surface area (Å²) in [6, 6.07) is 7.21. The quantitative estimate of drug-likeness (QED) is 0.177. The summed E-state index contributed by atoms with van der Waals surface area (Å²) >= 11 is 1.50. The van der Waals surface area contributed by atoms with E-state index >= 15 is 0 Å². The number of carbonyl (C=O) groups is 5. The highest BCUT2D eigenvalue weighted by Crippen LogP contribution is 2.30. The molecule has 2 heterocycles. The molecular weight excluding hydrogens is 745 g/mol. The van der Waals surface area contributed by atoms with Crippen LogP contribution in [0, 0.1) is 23.7 Å². The Morgan fingerprint density at radius 1 is 0.930 bits per heavy atom. The summed E-state index contributed by atoms with van der Waals surface area (Å²) in [5.74, 6) is -2.32. The van der Waals surface area contributed by atoms with E-state index in [0.717, 1.165) is 17.0 Å². The number of hydrogen-bond donors (Lipinski definition) is 2. The highest BCUT2D eigenvalue weighted by Gasteiger charge is 2.43. The third-order valence-electron chi connectivity index (χ3n) is 11.7. The van der Waals surface area contributed by atoms with Gasteiger partial charge in [-0.15, -0.1) is 11.3 Å². The molecule has 318 valence electrons. The van der Waals surface area contributed by atoms with Gasteiger partial charge in [0.1, 0.15) is 17.1 Å². The first-order valence-electron chi connectivity index (χ1n) is 20.4. The molecule has 0 bridgehead atoms. The fourth-order valence-corrected chi connectivity index (χ4v) is 8.85. The molecule has 1 aliphatic heterocycles. The molecule has 14 heteroatoms. The molecule has 3 rings (SSSR count). The van der Waals surface area contributed by atoms with Crippen LogP contribution >= 0.6 is 11.3 Å². The lowest BCUT2D eigenvalue weighted by Crippen LogP contribution is -2.60. The van der Waals surface area contributed by atoms with Crippen LogP contribution in [0.4, 0.5) is 0 Å². The molecule has 0 aliphatic carbocycles. The number of thiazole rings is 1. The topological polar surface area (TPSA) is 150 Å². The molecule has 57 heavy (non-hydrogen) atoms. The molecule has 2 aromatic rings. The summed E-state index contributed by atoms with van der Waals surface area (Å²) in [5, 5.41) is 8.89. The molecule has 1 aromatic heterocycles. The van der Waals surface area contributed by atoms with Crippen LogP contribution in [0.3, 0.4) is 0 Å². The average molecular weight is 813 g/mol. The Morgan fingerprint density at radius 3 is 2.12 bits per heavy atom. The largest absolute Gasteiger partial charge is 0.379 e. The van der Waals surface area contributed by atoms with Crippen LogP contribution in [-0.2, 0) is 39.9 Å². The minimum atomic E-state index is -0.871. The van der Waals surface area contributed by atoms with Crippen molar-refractivity contribution < 1.29 is 33.4 Å². The number of amides is 5. The Balaban J connectivity index is 1.80. The van der Waals surface area contributed by atoms with E-state index < -0.39 is 42.2 Å². The summed E-state index contributed by atoms with van der Waals surface area (Å²) in [7, 11) is 6.43. The van der Waals surface area contributed by atoms with Crippen LogP contribution in [0.2, 0.25) is 0 Å². The van der Waals surface area contributed by atoms with Crippen molar-refractivity contribution in [1.82, 2.24) is 30.3 Å². The van der Waals surface area contributed by atoms with Gasteiger partial charge in [-0.05, 0) is 42.6 Å². The van der Waals surface area contributed by atoms with E-state index in [9.17, 15) is 24.0 Å². The van der Waals surface area contributed by atoms with Crippen molar-refractivity contribution in [1.29, 1.82) is 0 Å². The van der Waals surface area contributed by atoms with Crippen molar-refractivity contribution in [3.05, 3.63) is 52.5 Å². The fourth-order valence-electron chi connectivity index (χ4n) is 8.16. The smallest absolute Gasteiger partial charge is 0.245 e. The van der Waals surface area contributed by atoms with Crippen molar-refractivity contribution in [3.8, 4) is 0 Å². The van der Waals surface area contributed by atoms with E-state index in [1.165, 1.54) is 23.2 Å². The van der Waals surface area contributed by atoms with Gasteiger partial charge in [-0.25, -0.2) is 4.98 Å². The lowest BCUT2D eigenvalue weighted by Gasteiger charge is -2.41. The van der Waals surface area contributed by atoms with E-state index in [1.54, 1.807) is 39.4 Å².